The normalized spacial score (nSPS) is 17.7. The number of aromatic nitrogens is 1. The second kappa shape index (κ2) is 8.72. The third-order valence-corrected chi connectivity index (χ3v) is 6.34. The van der Waals surface area contributed by atoms with Crippen molar-refractivity contribution in [2.45, 2.75) is 44.9 Å². The molecule has 2 aromatic carbocycles. The fraction of sp³-hybridized carbons (Fsp3) is 0.400. The third kappa shape index (κ3) is 4.33. The molecule has 0 saturated carbocycles. The number of piperidine rings is 1. The van der Waals surface area contributed by atoms with Gasteiger partial charge in [0.1, 0.15) is 12.0 Å². The van der Waals surface area contributed by atoms with Gasteiger partial charge in [0.15, 0.2) is 0 Å². The van der Waals surface area contributed by atoms with Gasteiger partial charge in [0.2, 0.25) is 0 Å². The number of aliphatic hydroxyl groups excluding tert-OH is 1. The van der Waals surface area contributed by atoms with Gasteiger partial charge in [0.05, 0.1) is 12.2 Å². The molecule has 0 radical (unpaired) electrons. The number of ether oxygens (including phenoxy) is 1. The van der Waals surface area contributed by atoms with E-state index >= 15 is 0 Å². The van der Waals surface area contributed by atoms with Crippen LogP contribution in [0.5, 0.6) is 5.75 Å². The molecule has 0 amide bonds. The van der Waals surface area contributed by atoms with Crippen molar-refractivity contribution in [3.8, 4) is 5.75 Å². The van der Waals surface area contributed by atoms with E-state index < -0.39 is 11.8 Å². The fourth-order valence-corrected chi connectivity index (χ4v) is 4.22. The van der Waals surface area contributed by atoms with Crippen LogP contribution in [0.2, 0.25) is 0 Å². The number of aryl methyl sites for hydroxylation is 2. The van der Waals surface area contributed by atoms with Crippen LogP contribution in [0.1, 0.15) is 36.0 Å². The zero-order valence-corrected chi connectivity index (χ0v) is 17.7. The van der Waals surface area contributed by atoms with Gasteiger partial charge in [-0.3, -0.25) is 9.88 Å². The van der Waals surface area contributed by atoms with Crippen LogP contribution in [0.25, 0.3) is 10.8 Å². The second-order valence-electron chi connectivity index (χ2n) is 8.34. The van der Waals surface area contributed by atoms with E-state index in [1.807, 2.05) is 47.5 Å². The minimum absolute atomic E-state index is 0.456. The third-order valence-electron chi connectivity index (χ3n) is 6.34. The van der Waals surface area contributed by atoms with Gasteiger partial charge in [-0.1, -0.05) is 30.3 Å². The minimum atomic E-state index is -0.917. The van der Waals surface area contributed by atoms with Gasteiger partial charge in [-0.2, -0.15) is 0 Å². The van der Waals surface area contributed by atoms with Crippen LogP contribution in [0.3, 0.4) is 0 Å². The smallest absolute Gasteiger partial charge is 0.119 e. The molecule has 30 heavy (non-hydrogen) atoms. The maximum atomic E-state index is 11.3. The molecule has 158 valence electrons. The molecule has 5 nitrogen and oxygen atoms in total. The van der Waals surface area contributed by atoms with Crippen LogP contribution >= 0.6 is 0 Å². The first kappa shape index (κ1) is 20.8. The summed E-state index contributed by atoms with van der Waals surface area (Å²) in [6.07, 6.45) is 4.70. The van der Waals surface area contributed by atoms with Gasteiger partial charge >= 0.3 is 0 Å². The summed E-state index contributed by atoms with van der Waals surface area (Å²) in [5, 5.41) is 24.0. The molecule has 1 saturated heterocycles. The van der Waals surface area contributed by atoms with Gasteiger partial charge in [-0.25, -0.2) is 0 Å². The standard InChI is InChI=1S/C25H30N2O3/c1-18-7-8-21(15-19(18)2)30-14-9-24(28)27-12-10-25(29,11-13-27)23-17-26-16-20-5-3-4-6-22(20)23/h3-8,15-17,24,28-29H,9-14H2,1-2H3. The second-order valence-corrected chi connectivity index (χ2v) is 8.34. The Bertz CT molecular complexity index is 1010. The first-order valence-corrected chi connectivity index (χ1v) is 10.6. The number of pyridine rings is 1. The van der Waals surface area contributed by atoms with Gasteiger partial charge in [-0.05, 0) is 55.3 Å². The number of aliphatic hydroxyl groups is 2. The number of hydrogen-bond acceptors (Lipinski definition) is 5. The molecule has 0 spiro atoms. The van der Waals surface area contributed by atoms with Crippen LogP contribution < -0.4 is 4.74 Å². The summed E-state index contributed by atoms with van der Waals surface area (Å²) in [5.74, 6) is 0.835. The lowest BCUT2D eigenvalue weighted by Gasteiger charge is -2.40. The van der Waals surface area contributed by atoms with E-state index in [-0.39, 0.29) is 0 Å². The monoisotopic (exact) mass is 406 g/mol. The van der Waals surface area contributed by atoms with Crippen molar-refractivity contribution < 1.29 is 14.9 Å². The van der Waals surface area contributed by atoms with E-state index in [9.17, 15) is 10.2 Å². The lowest BCUT2D eigenvalue weighted by molar-refractivity contribution is -0.0814. The first-order valence-electron chi connectivity index (χ1n) is 10.6. The van der Waals surface area contributed by atoms with Crippen molar-refractivity contribution in [1.29, 1.82) is 0 Å². The highest BCUT2D eigenvalue weighted by Crippen LogP contribution is 2.36. The van der Waals surface area contributed by atoms with E-state index in [0.29, 0.717) is 39.0 Å². The molecule has 1 aliphatic rings. The molecule has 2 N–H and O–H groups in total. The SMILES string of the molecule is Cc1ccc(OCCC(O)N2CCC(O)(c3cncc4ccccc34)CC2)cc1C. The molecule has 1 aromatic heterocycles. The summed E-state index contributed by atoms with van der Waals surface area (Å²) in [6, 6.07) is 14.1. The summed E-state index contributed by atoms with van der Waals surface area (Å²) in [4.78, 5) is 6.35. The van der Waals surface area contributed by atoms with Gasteiger partial charge < -0.3 is 14.9 Å². The topological polar surface area (TPSA) is 65.8 Å². The van der Waals surface area contributed by atoms with Crippen LogP contribution in [0, 0.1) is 13.8 Å². The van der Waals surface area contributed by atoms with Crippen LogP contribution in [0.4, 0.5) is 0 Å². The summed E-state index contributed by atoms with van der Waals surface area (Å²) in [7, 11) is 0. The summed E-state index contributed by atoms with van der Waals surface area (Å²) < 4.78 is 5.82. The number of nitrogens with zero attached hydrogens (tertiary/aromatic N) is 2. The number of likely N-dealkylation sites (tertiary alicyclic amines) is 1. The minimum Gasteiger partial charge on any atom is -0.493 e. The first-order chi connectivity index (χ1) is 14.5. The zero-order valence-electron chi connectivity index (χ0n) is 17.7. The Morgan fingerprint density at radius 2 is 1.83 bits per heavy atom. The van der Waals surface area contributed by atoms with Gasteiger partial charge in [0, 0.05) is 42.9 Å². The summed E-state index contributed by atoms with van der Waals surface area (Å²) in [5.41, 5.74) is 2.41. The largest absolute Gasteiger partial charge is 0.493 e. The van der Waals surface area contributed by atoms with Crippen LogP contribution in [-0.4, -0.2) is 46.0 Å². The van der Waals surface area contributed by atoms with Gasteiger partial charge in [0.25, 0.3) is 0 Å². The van der Waals surface area contributed by atoms with Crippen LogP contribution in [-0.2, 0) is 5.60 Å². The molecular formula is C25H30N2O3. The Balaban J connectivity index is 1.33. The van der Waals surface area contributed by atoms with Crippen molar-refractivity contribution in [3.05, 3.63) is 71.5 Å². The molecule has 3 aromatic rings. The van der Waals surface area contributed by atoms with Crippen molar-refractivity contribution in [2.75, 3.05) is 19.7 Å². The van der Waals surface area contributed by atoms with Crippen molar-refractivity contribution in [3.63, 3.8) is 0 Å². The Kier molecular flexibility index (Phi) is 6.04. The zero-order chi connectivity index (χ0) is 21.1. The molecule has 0 aliphatic carbocycles. The molecule has 2 heterocycles. The molecule has 0 bridgehead atoms. The Morgan fingerprint density at radius 3 is 2.60 bits per heavy atom. The molecule has 1 atom stereocenters. The predicted octanol–water partition coefficient (Wildman–Crippen LogP) is 3.92. The molecule has 5 heteroatoms. The van der Waals surface area contributed by atoms with Gasteiger partial charge in [-0.15, -0.1) is 0 Å². The number of benzene rings is 2. The lowest BCUT2D eigenvalue weighted by atomic mass is 9.83. The number of hydrogen-bond donors (Lipinski definition) is 2. The van der Waals surface area contributed by atoms with Crippen molar-refractivity contribution >= 4 is 10.8 Å². The van der Waals surface area contributed by atoms with E-state index in [1.54, 1.807) is 6.20 Å². The van der Waals surface area contributed by atoms with Crippen LogP contribution in [0.15, 0.2) is 54.9 Å². The summed E-state index contributed by atoms with van der Waals surface area (Å²) in [6.45, 7) is 5.86. The fourth-order valence-electron chi connectivity index (χ4n) is 4.22. The lowest BCUT2D eigenvalue weighted by Crippen LogP contribution is -2.47. The molecule has 1 fully saturated rings. The maximum Gasteiger partial charge on any atom is 0.119 e. The molecular weight excluding hydrogens is 376 g/mol. The Morgan fingerprint density at radius 1 is 1.07 bits per heavy atom. The highest BCUT2D eigenvalue weighted by molar-refractivity contribution is 5.85. The van der Waals surface area contributed by atoms with Crippen molar-refractivity contribution in [2.24, 2.45) is 0 Å². The average Bonchev–Trinajstić information content (AvgIpc) is 2.76. The molecule has 1 unspecified atom stereocenters. The van der Waals surface area contributed by atoms with E-state index in [4.69, 9.17) is 4.74 Å². The summed E-state index contributed by atoms with van der Waals surface area (Å²) >= 11 is 0. The molecule has 1 aliphatic heterocycles. The number of fused-ring (bicyclic) bond motifs is 1. The quantitative estimate of drug-likeness (QED) is 0.650. The molecule has 4 rings (SSSR count). The van der Waals surface area contributed by atoms with E-state index in [1.165, 1.54) is 11.1 Å². The average molecular weight is 407 g/mol. The van der Waals surface area contributed by atoms with E-state index in [0.717, 1.165) is 22.1 Å². The highest BCUT2D eigenvalue weighted by atomic mass is 16.5. The number of rotatable bonds is 6. The Hall–Kier alpha value is -2.47. The Labute approximate surface area is 177 Å². The maximum absolute atomic E-state index is 11.3. The van der Waals surface area contributed by atoms with E-state index in [2.05, 4.69) is 24.9 Å². The van der Waals surface area contributed by atoms with Crippen molar-refractivity contribution in [1.82, 2.24) is 9.88 Å². The highest BCUT2D eigenvalue weighted by Gasteiger charge is 2.36. The predicted molar refractivity (Wildman–Crippen MR) is 118 cm³/mol.